The Morgan fingerprint density at radius 1 is 1.33 bits per heavy atom. The first kappa shape index (κ1) is 12.7. The minimum Gasteiger partial charge on any atom is -0.493 e. The van der Waals surface area contributed by atoms with Crippen molar-refractivity contribution in [3.05, 3.63) is 24.3 Å². The van der Waals surface area contributed by atoms with E-state index in [0.29, 0.717) is 0 Å². The Kier molecular flexibility index (Phi) is 2.94. The molecule has 1 saturated heterocycles. The average molecular weight is 262 g/mol. The molecule has 0 aliphatic carbocycles. The molecule has 0 saturated carbocycles. The highest BCUT2D eigenvalue weighted by molar-refractivity contribution is 5.86. The van der Waals surface area contributed by atoms with Gasteiger partial charge in [-0.15, -0.1) is 0 Å². The average Bonchev–Trinajstić information content (AvgIpc) is 3.10. The summed E-state index contributed by atoms with van der Waals surface area (Å²) in [7, 11) is 1.32. The first-order valence-corrected chi connectivity index (χ1v) is 4.97. The van der Waals surface area contributed by atoms with Crippen molar-refractivity contribution >= 4 is 5.97 Å². The van der Waals surface area contributed by atoms with Crippen molar-refractivity contribution < 1.29 is 32.2 Å². The molecule has 0 spiro atoms. The van der Waals surface area contributed by atoms with Crippen LogP contribution in [0, 0.1) is 0 Å². The van der Waals surface area contributed by atoms with Crippen LogP contribution < -0.4 is 9.47 Å². The Labute approximate surface area is 100 Å². The topological polar surface area (TPSA) is 48.1 Å². The lowest BCUT2D eigenvalue weighted by Crippen LogP contribution is -2.43. The number of epoxide rings is 1. The van der Waals surface area contributed by atoms with E-state index in [-0.39, 0.29) is 11.5 Å². The molecule has 0 amide bonds. The van der Waals surface area contributed by atoms with Crippen LogP contribution in [0.4, 0.5) is 13.2 Å². The van der Waals surface area contributed by atoms with E-state index in [0.717, 1.165) is 0 Å². The molecular weight excluding hydrogens is 253 g/mol. The third-order valence-electron chi connectivity index (χ3n) is 2.49. The van der Waals surface area contributed by atoms with Gasteiger partial charge in [-0.25, -0.2) is 4.79 Å². The molecule has 4 nitrogen and oxygen atoms in total. The molecule has 1 aliphatic rings. The molecule has 1 aromatic carbocycles. The number of ether oxygens (including phenoxy) is 3. The summed E-state index contributed by atoms with van der Waals surface area (Å²) in [5.41, 5.74) is -2.83. The zero-order valence-electron chi connectivity index (χ0n) is 9.28. The van der Waals surface area contributed by atoms with Crippen LogP contribution in [0.5, 0.6) is 11.5 Å². The minimum atomic E-state index is -4.79. The summed E-state index contributed by atoms with van der Waals surface area (Å²) in [6.07, 6.45) is -4.79. The van der Waals surface area contributed by atoms with Gasteiger partial charge in [0.2, 0.25) is 0 Å². The number of methoxy groups -OCH3 is 1. The minimum absolute atomic E-state index is 0.0795. The van der Waals surface area contributed by atoms with Gasteiger partial charge in [0.1, 0.15) is 0 Å². The fourth-order valence-corrected chi connectivity index (χ4v) is 1.35. The summed E-state index contributed by atoms with van der Waals surface area (Å²) in [6, 6.07) is 5.92. The zero-order valence-corrected chi connectivity index (χ0v) is 9.28. The number of para-hydroxylation sites is 2. The number of halogens is 3. The van der Waals surface area contributed by atoms with E-state index < -0.39 is 24.4 Å². The van der Waals surface area contributed by atoms with E-state index in [1.54, 1.807) is 6.07 Å². The Morgan fingerprint density at radius 2 is 1.89 bits per heavy atom. The van der Waals surface area contributed by atoms with Crippen molar-refractivity contribution in [1.29, 1.82) is 0 Å². The molecule has 0 bridgehead atoms. The summed E-state index contributed by atoms with van der Waals surface area (Å²) in [4.78, 5) is 11.5. The second-order valence-corrected chi connectivity index (χ2v) is 3.65. The van der Waals surface area contributed by atoms with Crippen LogP contribution in [0.15, 0.2) is 24.3 Å². The van der Waals surface area contributed by atoms with Gasteiger partial charge in [0.05, 0.1) is 13.7 Å². The highest BCUT2D eigenvalue weighted by atomic mass is 19.4. The molecule has 1 aromatic rings. The summed E-state index contributed by atoms with van der Waals surface area (Å²) in [5, 5.41) is 0. The van der Waals surface area contributed by atoms with Gasteiger partial charge in [0, 0.05) is 0 Å². The molecule has 1 unspecified atom stereocenters. The fraction of sp³-hybridized carbons (Fsp3) is 0.364. The molecule has 18 heavy (non-hydrogen) atoms. The second-order valence-electron chi connectivity index (χ2n) is 3.65. The maximum atomic E-state index is 12.6. The SMILES string of the molecule is COc1ccccc1OC(=O)C1(C(F)(F)F)CO1. The van der Waals surface area contributed by atoms with Gasteiger partial charge < -0.3 is 14.2 Å². The number of hydrogen-bond acceptors (Lipinski definition) is 4. The van der Waals surface area contributed by atoms with E-state index >= 15 is 0 Å². The van der Waals surface area contributed by atoms with Gasteiger partial charge in [-0.2, -0.15) is 13.2 Å². The lowest BCUT2D eigenvalue weighted by Gasteiger charge is -2.15. The third kappa shape index (κ3) is 2.01. The summed E-state index contributed by atoms with van der Waals surface area (Å²) >= 11 is 0. The van der Waals surface area contributed by atoms with Crippen LogP contribution >= 0.6 is 0 Å². The summed E-state index contributed by atoms with van der Waals surface area (Å²) in [5.74, 6) is -1.40. The molecule has 0 aromatic heterocycles. The molecule has 0 N–H and O–H groups in total. The van der Waals surface area contributed by atoms with Crippen LogP contribution in [0.25, 0.3) is 0 Å². The van der Waals surface area contributed by atoms with E-state index in [2.05, 4.69) is 9.47 Å². The van der Waals surface area contributed by atoms with Gasteiger partial charge in [-0.3, -0.25) is 0 Å². The van der Waals surface area contributed by atoms with Crippen molar-refractivity contribution in [3.63, 3.8) is 0 Å². The number of carbonyl (C=O) groups excluding carboxylic acids is 1. The van der Waals surface area contributed by atoms with Crippen LogP contribution in [-0.4, -0.2) is 31.5 Å². The van der Waals surface area contributed by atoms with Crippen LogP contribution in [0.1, 0.15) is 0 Å². The molecule has 98 valence electrons. The van der Waals surface area contributed by atoms with Gasteiger partial charge >= 0.3 is 12.1 Å². The Balaban J connectivity index is 2.18. The molecule has 2 rings (SSSR count). The molecule has 7 heteroatoms. The van der Waals surface area contributed by atoms with Crippen molar-refractivity contribution in [2.45, 2.75) is 11.8 Å². The number of rotatable bonds is 3. The third-order valence-corrected chi connectivity index (χ3v) is 2.49. The lowest BCUT2D eigenvalue weighted by atomic mass is 10.1. The number of hydrogen-bond donors (Lipinski definition) is 0. The summed E-state index contributed by atoms with van der Waals surface area (Å²) in [6.45, 7) is -0.718. The first-order valence-electron chi connectivity index (χ1n) is 4.97. The van der Waals surface area contributed by atoms with E-state index in [1.165, 1.54) is 25.3 Å². The van der Waals surface area contributed by atoms with Crippen molar-refractivity contribution in [2.75, 3.05) is 13.7 Å². The van der Waals surface area contributed by atoms with Crippen molar-refractivity contribution in [1.82, 2.24) is 0 Å². The predicted octanol–water partition coefficient (Wildman–Crippen LogP) is 1.93. The van der Waals surface area contributed by atoms with E-state index in [4.69, 9.17) is 4.74 Å². The predicted molar refractivity (Wildman–Crippen MR) is 53.4 cm³/mol. The number of carbonyl (C=O) groups is 1. The molecule has 1 aliphatic heterocycles. The highest BCUT2D eigenvalue weighted by Crippen LogP contribution is 2.45. The molecule has 1 atom stereocenters. The van der Waals surface area contributed by atoms with Crippen molar-refractivity contribution in [2.24, 2.45) is 0 Å². The summed E-state index contributed by atoms with van der Waals surface area (Å²) < 4.78 is 51.5. The van der Waals surface area contributed by atoms with Crippen LogP contribution in [0.2, 0.25) is 0 Å². The van der Waals surface area contributed by atoms with Gasteiger partial charge in [0.25, 0.3) is 5.60 Å². The molecule has 0 radical (unpaired) electrons. The monoisotopic (exact) mass is 262 g/mol. The number of esters is 1. The highest BCUT2D eigenvalue weighted by Gasteiger charge is 2.73. The smallest absolute Gasteiger partial charge is 0.430 e. The zero-order chi connectivity index (χ0) is 13.4. The van der Waals surface area contributed by atoms with E-state index in [1.807, 2.05) is 0 Å². The Bertz CT molecular complexity index is 466. The quantitative estimate of drug-likeness (QED) is 0.474. The molecule has 1 heterocycles. The number of alkyl halides is 3. The maximum absolute atomic E-state index is 12.6. The van der Waals surface area contributed by atoms with E-state index in [9.17, 15) is 18.0 Å². The standard InChI is InChI=1S/C11H9F3O4/c1-16-7-4-2-3-5-8(7)18-9(15)10(6-17-10)11(12,13)14/h2-5H,6H2,1H3. The lowest BCUT2D eigenvalue weighted by molar-refractivity contribution is -0.198. The maximum Gasteiger partial charge on any atom is 0.430 e. The largest absolute Gasteiger partial charge is 0.493 e. The normalized spacial score (nSPS) is 22.4. The van der Waals surface area contributed by atoms with Gasteiger partial charge in [-0.1, -0.05) is 12.1 Å². The molecule has 1 fully saturated rings. The Morgan fingerprint density at radius 3 is 2.33 bits per heavy atom. The van der Waals surface area contributed by atoms with Gasteiger partial charge in [-0.05, 0) is 12.1 Å². The molecular formula is C11H9F3O4. The second kappa shape index (κ2) is 4.16. The Hall–Kier alpha value is -1.76. The van der Waals surface area contributed by atoms with Crippen LogP contribution in [0.3, 0.4) is 0 Å². The number of benzene rings is 1. The van der Waals surface area contributed by atoms with Gasteiger partial charge in [0.15, 0.2) is 11.5 Å². The van der Waals surface area contributed by atoms with Crippen LogP contribution in [-0.2, 0) is 9.53 Å². The van der Waals surface area contributed by atoms with Crippen molar-refractivity contribution in [3.8, 4) is 11.5 Å². The first-order chi connectivity index (χ1) is 8.40. The fourth-order valence-electron chi connectivity index (χ4n) is 1.35.